The van der Waals surface area contributed by atoms with Crippen molar-refractivity contribution in [3.8, 4) is 0 Å². The summed E-state index contributed by atoms with van der Waals surface area (Å²) in [5.74, 6) is -0.790. The van der Waals surface area contributed by atoms with Gasteiger partial charge in [0.25, 0.3) is 5.91 Å². The van der Waals surface area contributed by atoms with E-state index < -0.39 is 11.9 Å². The lowest BCUT2D eigenvalue weighted by atomic mass is 10.2. The Balaban J connectivity index is 2.69. The lowest BCUT2D eigenvalue weighted by Crippen LogP contribution is -2.42. The minimum Gasteiger partial charge on any atom is -0.368 e. The molecule has 1 rings (SSSR count). The number of amides is 2. The highest BCUT2D eigenvalue weighted by atomic mass is 32.1. The van der Waals surface area contributed by atoms with Crippen LogP contribution >= 0.6 is 11.3 Å². The van der Waals surface area contributed by atoms with Crippen LogP contribution in [-0.2, 0) is 4.79 Å². The largest absolute Gasteiger partial charge is 0.368 e. The van der Waals surface area contributed by atoms with Gasteiger partial charge in [-0.15, -0.1) is 0 Å². The van der Waals surface area contributed by atoms with Crippen molar-refractivity contribution in [1.29, 1.82) is 0 Å². The molecule has 4 nitrogen and oxygen atoms in total. The van der Waals surface area contributed by atoms with Crippen molar-refractivity contribution in [2.24, 2.45) is 5.73 Å². The molecule has 0 spiro atoms. The van der Waals surface area contributed by atoms with E-state index in [0.29, 0.717) is 5.56 Å². The average molecular weight is 212 g/mol. The minimum atomic E-state index is -0.637. The summed E-state index contributed by atoms with van der Waals surface area (Å²) in [5.41, 5.74) is 6.53. The van der Waals surface area contributed by atoms with Crippen LogP contribution in [0.5, 0.6) is 0 Å². The summed E-state index contributed by atoms with van der Waals surface area (Å²) in [7, 11) is 0. The average Bonchev–Trinajstić information content (AvgIpc) is 2.51. The van der Waals surface area contributed by atoms with E-state index in [2.05, 4.69) is 5.32 Å². The Morgan fingerprint density at radius 3 is 2.57 bits per heavy atom. The molecule has 1 heterocycles. The van der Waals surface area contributed by atoms with Crippen LogP contribution in [-0.4, -0.2) is 17.9 Å². The number of aryl methyl sites for hydroxylation is 1. The van der Waals surface area contributed by atoms with Crippen LogP contribution in [0.15, 0.2) is 10.8 Å². The third-order valence-electron chi connectivity index (χ3n) is 1.87. The molecule has 1 atom stereocenters. The fourth-order valence-electron chi connectivity index (χ4n) is 0.939. The van der Waals surface area contributed by atoms with Gasteiger partial charge in [-0.2, -0.15) is 11.3 Å². The van der Waals surface area contributed by atoms with E-state index in [-0.39, 0.29) is 5.91 Å². The van der Waals surface area contributed by atoms with Crippen LogP contribution in [0.3, 0.4) is 0 Å². The van der Waals surface area contributed by atoms with Crippen LogP contribution in [0.4, 0.5) is 0 Å². The Morgan fingerprint density at radius 2 is 2.14 bits per heavy atom. The zero-order valence-corrected chi connectivity index (χ0v) is 8.85. The molecule has 0 aromatic carbocycles. The Morgan fingerprint density at radius 1 is 1.50 bits per heavy atom. The van der Waals surface area contributed by atoms with E-state index >= 15 is 0 Å². The van der Waals surface area contributed by atoms with Gasteiger partial charge in [-0.3, -0.25) is 9.59 Å². The summed E-state index contributed by atoms with van der Waals surface area (Å²) in [6.07, 6.45) is 0. The maximum atomic E-state index is 11.5. The normalized spacial score (nSPS) is 12.1. The number of nitrogens with one attached hydrogen (secondary N) is 1. The minimum absolute atomic E-state index is 0.255. The van der Waals surface area contributed by atoms with Gasteiger partial charge in [-0.1, -0.05) is 0 Å². The number of primary amides is 1. The van der Waals surface area contributed by atoms with Crippen molar-refractivity contribution in [1.82, 2.24) is 5.32 Å². The molecule has 0 aliphatic rings. The summed E-state index contributed by atoms with van der Waals surface area (Å²) in [4.78, 5) is 22.2. The second kappa shape index (κ2) is 4.23. The molecule has 0 aliphatic heterocycles. The Labute approximate surface area is 86.1 Å². The Kier molecular flexibility index (Phi) is 3.24. The van der Waals surface area contributed by atoms with E-state index in [4.69, 9.17) is 5.73 Å². The van der Waals surface area contributed by atoms with E-state index in [9.17, 15) is 9.59 Å². The van der Waals surface area contributed by atoms with Gasteiger partial charge >= 0.3 is 0 Å². The smallest absolute Gasteiger partial charge is 0.253 e. The first-order valence-electron chi connectivity index (χ1n) is 4.15. The van der Waals surface area contributed by atoms with Gasteiger partial charge < -0.3 is 11.1 Å². The number of carbonyl (C=O) groups excluding carboxylic acids is 2. The molecule has 0 unspecified atom stereocenters. The predicted molar refractivity (Wildman–Crippen MR) is 55.2 cm³/mol. The molecule has 1 aromatic rings. The SMILES string of the molecule is Cc1cscc1C(=O)N[C@H](C)C(N)=O. The zero-order valence-electron chi connectivity index (χ0n) is 8.03. The summed E-state index contributed by atoms with van der Waals surface area (Å²) in [6, 6.07) is -0.637. The van der Waals surface area contributed by atoms with Crippen LogP contribution in [0.2, 0.25) is 0 Å². The number of thiophene rings is 1. The first-order chi connectivity index (χ1) is 6.52. The van der Waals surface area contributed by atoms with Gasteiger partial charge in [0.05, 0.1) is 5.56 Å². The molecule has 14 heavy (non-hydrogen) atoms. The van der Waals surface area contributed by atoms with Gasteiger partial charge in [-0.25, -0.2) is 0 Å². The molecule has 2 amide bonds. The first kappa shape index (κ1) is 10.7. The van der Waals surface area contributed by atoms with Crippen molar-refractivity contribution >= 4 is 23.2 Å². The molecule has 0 radical (unpaired) electrons. The van der Waals surface area contributed by atoms with Crippen LogP contribution < -0.4 is 11.1 Å². The highest BCUT2D eigenvalue weighted by Gasteiger charge is 2.15. The summed E-state index contributed by atoms with van der Waals surface area (Å²) in [5, 5.41) is 6.14. The molecular formula is C9H12N2O2S. The van der Waals surface area contributed by atoms with Crippen molar-refractivity contribution in [3.05, 3.63) is 21.9 Å². The van der Waals surface area contributed by atoms with Crippen molar-refractivity contribution < 1.29 is 9.59 Å². The zero-order chi connectivity index (χ0) is 10.7. The second-order valence-corrected chi connectivity index (χ2v) is 3.81. The van der Waals surface area contributed by atoms with Gasteiger partial charge in [0.15, 0.2) is 0 Å². The maximum Gasteiger partial charge on any atom is 0.253 e. The standard InChI is InChI=1S/C9H12N2O2S/c1-5-3-14-4-7(5)9(13)11-6(2)8(10)12/h3-4,6H,1-2H3,(H2,10,12)(H,11,13)/t6-/m1/s1. The van der Waals surface area contributed by atoms with Crippen molar-refractivity contribution in [2.75, 3.05) is 0 Å². The first-order valence-corrected chi connectivity index (χ1v) is 5.09. The monoisotopic (exact) mass is 212 g/mol. The summed E-state index contributed by atoms with van der Waals surface area (Å²) >= 11 is 1.45. The number of nitrogens with two attached hydrogens (primary N) is 1. The highest BCUT2D eigenvalue weighted by Crippen LogP contribution is 2.13. The van der Waals surface area contributed by atoms with Crippen molar-refractivity contribution in [2.45, 2.75) is 19.9 Å². The molecule has 76 valence electrons. The van der Waals surface area contributed by atoms with Crippen molar-refractivity contribution in [3.63, 3.8) is 0 Å². The lowest BCUT2D eigenvalue weighted by molar-refractivity contribution is -0.119. The number of hydrogen-bond donors (Lipinski definition) is 2. The van der Waals surface area contributed by atoms with Gasteiger partial charge in [0.2, 0.25) is 5.91 Å². The van der Waals surface area contributed by atoms with E-state index in [1.807, 2.05) is 12.3 Å². The lowest BCUT2D eigenvalue weighted by Gasteiger charge is -2.09. The molecule has 0 saturated heterocycles. The van der Waals surface area contributed by atoms with E-state index in [0.717, 1.165) is 5.56 Å². The molecule has 0 saturated carbocycles. The maximum absolute atomic E-state index is 11.5. The molecule has 0 fully saturated rings. The van der Waals surface area contributed by atoms with Crippen LogP contribution in [0, 0.1) is 6.92 Å². The molecule has 0 bridgehead atoms. The van der Waals surface area contributed by atoms with Gasteiger partial charge in [-0.05, 0) is 24.8 Å². The Hall–Kier alpha value is -1.36. The molecule has 0 aliphatic carbocycles. The Bertz CT molecular complexity index is 359. The molecule has 1 aromatic heterocycles. The summed E-state index contributed by atoms with van der Waals surface area (Å²) < 4.78 is 0. The third-order valence-corrected chi connectivity index (χ3v) is 2.74. The number of rotatable bonds is 3. The van der Waals surface area contributed by atoms with Gasteiger partial charge in [0.1, 0.15) is 6.04 Å². The van der Waals surface area contributed by atoms with Crippen LogP contribution in [0.25, 0.3) is 0 Å². The van der Waals surface area contributed by atoms with Gasteiger partial charge in [0, 0.05) is 5.38 Å². The second-order valence-electron chi connectivity index (χ2n) is 3.07. The fourth-order valence-corrected chi connectivity index (χ4v) is 1.77. The van der Waals surface area contributed by atoms with Crippen LogP contribution in [0.1, 0.15) is 22.8 Å². The quantitative estimate of drug-likeness (QED) is 0.772. The number of hydrogen-bond acceptors (Lipinski definition) is 3. The predicted octanol–water partition coefficient (Wildman–Crippen LogP) is 0.660. The topological polar surface area (TPSA) is 72.2 Å². The highest BCUT2D eigenvalue weighted by molar-refractivity contribution is 7.08. The molecule has 3 N–H and O–H groups in total. The molecular weight excluding hydrogens is 200 g/mol. The van der Waals surface area contributed by atoms with E-state index in [1.165, 1.54) is 11.3 Å². The summed E-state index contributed by atoms with van der Waals surface area (Å²) in [6.45, 7) is 3.41. The van der Waals surface area contributed by atoms with E-state index in [1.54, 1.807) is 12.3 Å². The third kappa shape index (κ3) is 2.32. The molecule has 5 heteroatoms. The fraction of sp³-hybridized carbons (Fsp3) is 0.333. The number of carbonyl (C=O) groups is 2.